The molecule has 0 aliphatic carbocycles. The Morgan fingerprint density at radius 2 is 1.81 bits per heavy atom. The first-order valence-corrected chi connectivity index (χ1v) is 8.18. The van der Waals surface area contributed by atoms with Crippen LogP contribution in [-0.4, -0.2) is 13.7 Å². The van der Waals surface area contributed by atoms with Gasteiger partial charge in [0.25, 0.3) is 0 Å². The molecule has 0 saturated heterocycles. The summed E-state index contributed by atoms with van der Waals surface area (Å²) in [5.74, 6) is 0.868. The van der Waals surface area contributed by atoms with Gasteiger partial charge in [-0.25, -0.2) is 0 Å². The highest BCUT2D eigenvalue weighted by molar-refractivity contribution is 7.99. The monoisotopic (exact) mass is 321 g/mol. The minimum Gasteiger partial charge on any atom is -0.497 e. The lowest BCUT2D eigenvalue weighted by Crippen LogP contribution is -2.17. The molecule has 4 heteroatoms. The summed E-state index contributed by atoms with van der Waals surface area (Å²) in [5, 5.41) is 4.19. The van der Waals surface area contributed by atoms with Crippen LogP contribution >= 0.6 is 23.4 Å². The van der Waals surface area contributed by atoms with E-state index >= 15 is 0 Å². The summed E-state index contributed by atoms with van der Waals surface area (Å²) >= 11 is 8.09. The molecule has 0 aliphatic heterocycles. The Morgan fingerprint density at radius 3 is 2.38 bits per heavy atom. The lowest BCUT2D eigenvalue weighted by atomic mass is 10.1. The maximum Gasteiger partial charge on any atom is 0.118 e. The van der Waals surface area contributed by atoms with Crippen LogP contribution in [0.3, 0.4) is 0 Å². The van der Waals surface area contributed by atoms with Crippen molar-refractivity contribution >= 4 is 23.4 Å². The Hall–Kier alpha value is -1.16. The zero-order valence-corrected chi connectivity index (χ0v) is 14.1. The Kier molecular flexibility index (Phi) is 5.97. The molecule has 2 rings (SSSR count). The van der Waals surface area contributed by atoms with Crippen LogP contribution in [0.4, 0.5) is 0 Å². The van der Waals surface area contributed by atoms with Crippen molar-refractivity contribution in [1.82, 2.24) is 5.32 Å². The Balaban J connectivity index is 2.12. The summed E-state index contributed by atoms with van der Waals surface area (Å²) in [5.41, 5.74) is 1.14. The maximum atomic E-state index is 6.40. The molecular weight excluding hydrogens is 302 g/mol. The lowest BCUT2D eigenvalue weighted by molar-refractivity contribution is 0.414. The van der Waals surface area contributed by atoms with Crippen molar-refractivity contribution in [3.8, 4) is 5.75 Å². The molecule has 0 spiro atoms. The van der Waals surface area contributed by atoms with Gasteiger partial charge in [0, 0.05) is 20.9 Å². The van der Waals surface area contributed by atoms with Gasteiger partial charge < -0.3 is 10.1 Å². The van der Waals surface area contributed by atoms with Crippen LogP contribution in [0.1, 0.15) is 25.5 Å². The molecule has 0 fully saturated rings. The number of rotatable bonds is 6. The highest BCUT2D eigenvalue weighted by Gasteiger charge is 2.09. The smallest absolute Gasteiger partial charge is 0.118 e. The first-order valence-electron chi connectivity index (χ1n) is 6.98. The van der Waals surface area contributed by atoms with Gasteiger partial charge in [-0.05, 0) is 55.4 Å². The molecule has 2 aromatic rings. The van der Waals surface area contributed by atoms with Crippen LogP contribution in [-0.2, 0) is 0 Å². The predicted octanol–water partition coefficient (Wildman–Crippen LogP) is 5.17. The fraction of sp³-hybridized carbons (Fsp3) is 0.294. The minimum absolute atomic E-state index is 0.266. The molecule has 0 heterocycles. The highest BCUT2D eigenvalue weighted by atomic mass is 35.5. The van der Waals surface area contributed by atoms with E-state index in [0.29, 0.717) is 0 Å². The SMILES string of the molecule is CCNC(C)c1ccc(Sc2ccc(OC)cc2)cc1Cl. The fourth-order valence-electron chi connectivity index (χ4n) is 2.12. The first kappa shape index (κ1) is 16.2. The molecule has 112 valence electrons. The number of hydrogen-bond donors (Lipinski definition) is 1. The molecule has 0 aromatic heterocycles. The quantitative estimate of drug-likeness (QED) is 0.793. The molecule has 1 unspecified atom stereocenters. The third-order valence-corrected chi connectivity index (χ3v) is 4.57. The Labute approximate surface area is 135 Å². The van der Waals surface area contributed by atoms with E-state index in [4.69, 9.17) is 16.3 Å². The van der Waals surface area contributed by atoms with Crippen molar-refractivity contribution in [3.63, 3.8) is 0 Å². The van der Waals surface area contributed by atoms with Gasteiger partial charge in [0.15, 0.2) is 0 Å². The third kappa shape index (κ3) is 4.40. The normalized spacial score (nSPS) is 12.2. The summed E-state index contributed by atoms with van der Waals surface area (Å²) < 4.78 is 5.17. The summed E-state index contributed by atoms with van der Waals surface area (Å²) in [4.78, 5) is 2.30. The summed E-state index contributed by atoms with van der Waals surface area (Å²) in [6.07, 6.45) is 0. The lowest BCUT2D eigenvalue weighted by Gasteiger charge is -2.15. The largest absolute Gasteiger partial charge is 0.497 e. The molecule has 0 bridgehead atoms. The molecule has 2 aromatic carbocycles. The average Bonchev–Trinajstić information content (AvgIpc) is 2.48. The zero-order chi connectivity index (χ0) is 15.2. The van der Waals surface area contributed by atoms with Gasteiger partial charge >= 0.3 is 0 Å². The van der Waals surface area contributed by atoms with Gasteiger partial charge in [-0.1, -0.05) is 36.4 Å². The maximum absolute atomic E-state index is 6.40. The molecule has 1 N–H and O–H groups in total. The number of halogens is 1. The van der Waals surface area contributed by atoms with Crippen molar-refractivity contribution in [2.75, 3.05) is 13.7 Å². The Morgan fingerprint density at radius 1 is 1.14 bits per heavy atom. The van der Waals surface area contributed by atoms with Gasteiger partial charge in [0.2, 0.25) is 0 Å². The van der Waals surface area contributed by atoms with E-state index in [0.717, 1.165) is 27.8 Å². The molecule has 0 radical (unpaired) electrons. The molecule has 0 saturated carbocycles. The van der Waals surface area contributed by atoms with Crippen LogP contribution in [0.25, 0.3) is 0 Å². The minimum atomic E-state index is 0.266. The van der Waals surface area contributed by atoms with Gasteiger partial charge in [-0.3, -0.25) is 0 Å². The van der Waals surface area contributed by atoms with E-state index in [-0.39, 0.29) is 6.04 Å². The van der Waals surface area contributed by atoms with Crippen molar-refractivity contribution in [1.29, 1.82) is 0 Å². The van der Waals surface area contributed by atoms with Crippen LogP contribution < -0.4 is 10.1 Å². The third-order valence-electron chi connectivity index (χ3n) is 3.24. The van der Waals surface area contributed by atoms with Crippen LogP contribution in [0.5, 0.6) is 5.75 Å². The van der Waals surface area contributed by atoms with E-state index in [9.17, 15) is 0 Å². The molecular formula is C17H20ClNOS. The number of ether oxygens (including phenoxy) is 1. The van der Waals surface area contributed by atoms with Crippen molar-refractivity contribution < 1.29 is 4.74 Å². The standard InChI is InChI=1S/C17H20ClNOS/c1-4-19-12(2)16-10-9-15(11-17(16)18)21-14-7-5-13(20-3)6-8-14/h5-12,19H,4H2,1-3H3. The van der Waals surface area contributed by atoms with Gasteiger partial charge in [0.05, 0.1) is 7.11 Å². The molecule has 21 heavy (non-hydrogen) atoms. The summed E-state index contributed by atoms with van der Waals surface area (Å²) in [6.45, 7) is 5.15. The van der Waals surface area contributed by atoms with Crippen molar-refractivity contribution in [3.05, 3.63) is 53.1 Å². The zero-order valence-electron chi connectivity index (χ0n) is 12.5. The van der Waals surface area contributed by atoms with Crippen LogP contribution in [0.15, 0.2) is 52.3 Å². The van der Waals surface area contributed by atoms with Crippen molar-refractivity contribution in [2.24, 2.45) is 0 Å². The van der Waals surface area contributed by atoms with Crippen molar-refractivity contribution in [2.45, 2.75) is 29.7 Å². The average molecular weight is 322 g/mol. The number of hydrogen-bond acceptors (Lipinski definition) is 3. The first-order chi connectivity index (χ1) is 10.1. The van der Waals surface area contributed by atoms with Crippen LogP contribution in [0.2, 0.25) is 5.02 Å². The molecule has 0 amide bonds. The Bertz CT molecular complexity index is 586. The predicted molar refractivity (Wildman–Crippen MR) is 90.7 cm³/mol. The molecule has 2 nitrogen and oxygen atoms in total. The van der Waals surface area contributed by atoms with E-state index in [2.05, 4.69) is 31.3 Å². The molecule has 1 atom stereocenters. The number of methoxy groups -OCH3 is 1. The van der Waals surface area contributed by atoms with Gasteiger partial charge in [-0.2, -0.15) is 0 Å². The topological polar surface area (TPSA) is 21.3 Å². The van der Waals surface area contributed by atoms with E-state index in [1.807, 2.05) is 30.3 Å². The van der Waals surface area contributed by atoms with Gasteiger partial charge in [0.1, 0.15) is 5.75 Å². The number of benzene rings is 2. The van der Waals surface area contributed by atoms with Gasteiger partial charge in [-0.15, -0.1) is 0 Å². The second-order valence-electron chi connectivity index (χ2n) is 4.74. The van der Waals surface area contributed by atoms with E-state index in [1.54, 1.807) is 18.9 Å². The second-order valence-corrected chi connectivity index (χ2v) is 6.29. The fourth-order valence-corrected chi connectivity index (χ4v) is 3.38. The van der Waals surface area contributed by atoms with E-state index < -0.39 is 0 Å². The second kappa shape index (κ2) is 7.74. The highest BCUT2D eigenvalue weighted by Crippen LogP contribution is 2.33. The van der Waals surface area contributed by atoms with Crippen LogP contribution in [0, 0.1) is 0 Å². The van der Waals surface area contributed by atoms with E-state index in [1.165, 1.54) is 4.90 Å². The number of nitrogens with one attached hydrogen (secondary N) is 1. The summed E-state index contributed by atoms with van der Waals surface area (Å²) in [7, 11) is 1.67. The summed E-state index contributed by atoms with van der Waals surface area (Å²) in [6, 6.07) is 14.5. The molecule has 0 aliphatic rings.